The highest BCUT2D eigenvalue weighted by Crippen LogP contribution is 1.91. The Morgan fingerprint density at radius 3 is 2.42 bits per heavy atom. The largest absolute Gasteiger partial charge is 0.392 e. The number of aliphatic hydroxyl groups excluding tert-OH is 1. The summed E-state index contributed by atoms with van der Waals surface area (Å²) in [6, 6.07) is 0. The summed E-state index contributed by atoms with van der Waals surface area (Å²) in [6.07, 6.45) is -0.476. The summed E-state index contributed by atoms with van der Waals surface area (Å²) in [5.41, 5.74) is 0. The van der Waals surface area contributed by atoms with Crippen LogP contribution in [0.5, 0.6) is 0 Å². The first-order valence-corrected chi connectivity index (χ1v) is 4.18. The summed E-state index contributed by atoms with van der Waals surface area (Å²) in [5, 5.41) is 14.4. The van der Waals surface area contributed by atoms with E-state index in [0.717, 1.165) is 0 Å². The van der Waals surface area contributed by atoms with E-state index in [1.54, 1.807) is 14.0 Å². The van der Waals surface area contributed by atoms with Gasteiger partial charge in [-0.2, -0.15) is 0 Å². The number of rotatable bonds is 5. The lowest BCUT2D eigenvalue weighted by molar-refractivity contribution is -0.124. The molecule has 0 aliphatic heterocycles. The van der Waals surface area contributed by atoms with Crippen LogP contribution >= 0.6 is 0 Å². The van der Waals surface area contributed by atoms with Gasteiger partial charge in [0, 0.05) is 19.0 Å². The molecular weight excluding hydrogens is 156 g/mol. The van der Waals surface area contributed by atoms with Crippen molar-refractivity contribution in [1.82, 2.24) is 10.6 Å². The van der Waals surface area contributed by atoms with Crippen molar-refractivity contribution in [3.63, 3.8) is 0 Å². The highest BCUT2D eigenvalue weighted by atomic mass is 16.3. The third-order valence-electron chi connectivity index (χ3n) is 1.53. The normalized spacial score (nSPS) is 15.3. The highest BCUT2D eigenvalue weighted by molar-refractivity contribution is 5.78. The van der Waals surface area contributed by atoms with Gasteiger partial charge in [-0.15, -0.1) is 0 Å². The van der Waals surface area contributed by atoms with Gasteiger partial charge >= 0.3 is 0 Å². The summed E-state index contributed by atoms with van der Waals surface area (Å²) >= 11 is 0. The Morgan fingerprint density at radius 1 is 1.42 bits per heavy atom. The maximum atomic E-state index is 11.2. The molecule has 3 N–H and O–H groups in total. The molecule has 0 spiro atoms. The summed E-state index contributed by atoms with van der Waals surface area (Å²) in [5.74, 6) is -0.0704. The molecule has 12 heavy (non-hydrogen) atoms. The van der Waals surface area contributed by atoms with Crippen LogP contribution in [0, 0.1) is 5.92 Å². The minimum Gasteiger partial charge on any atom is -0.392 e. The molecule has 0 bridgehead atoms. The lowest BCUT2D eigenvalue weighted by Crippen LogP contribution is -2.37. The molecule has 4 nitrogen and oxygen atoms in total. The predicted molar refractivity (Wildman–Crippen MR) is 47.8 cm³/mol. The average molecular weight is 174 g/mol. The lowest BCUT2D eigenvalue weighted by atomic mass is 10.1. The van der Waals surface area contributed by atoms with Gasteiger partial charge < -0.3 is 15.7 Å². The number of carbonyl (C=O) groups excluding carboxylic acids is 1. The molecule has 0 fully saturated rings. The topological polar surface area (TPSA) is 61.4 Å². The standard InChI is InChI=1S/C8H18N2O2/c1-6(4-9-3)8(12)10-5-7(2)11/h6-7,9,11H,4-5H2,1-3H3,(H,10,12)/t6?,7-/m0/s1. The molecule has 4 heteroatoms. The number of aliphatic hydroxyl groups is 1. The minimum atomic E-state index is -0.476. The van der Waals surface area contributed by atoms with Gasteiger partial charge in [-0.25, -0.2) is 0 Å². The molecule has 0 aromatic carbocycles. The minimum absolute atomic E-state index is 0.0229. The quantitative estimate of drug-likeness (QED) is 0.518. The van der Waals surface area contributed by atoms with Crippen LogP contribution in [0.2, 0.25) is 0 Å². The SMILES string of the molecule is CNCC(C)C(=O)NC[C@H](C)O. The van der Waals surface area contributed by atoms with Crippen molar-refractivity contribution in [2.45, 2.75) is 20.0 Å². The van der Waals surface area contributed by atoms with Gasteiger partial charge in [0.05, 0.1) is 6.10 Å². The fraction of sp³-hybridized carbons (Fsp3) is 0.875. The van der Waals surface area contributed by atoms with Crippen molar-refractivity contribution in [2.24, 2.45) is 5.92 Å². The van der Waals surface area contributed by atoms with Crippen LogP contribution in [0.3, 0.4) is 0 Å². The van der Waals surface area contributed by atoms with E-state index in [4.69, 9.17) is 5.11 Å². The second-order valence-electron chi connectivity index (χ2n) is 3.05. The number of amides is 1. The Hall–Kier alpha value is -0.610. The number of hydrogen-bond acceptors (Lipinski definition) is 3. The van der Waals surface area contributed by atoms with Crippen molar-refractivity contribution in [3.8, 4) is 0 Å². The van der Waals surface area contributed by atoms with Gasteiger partial charge in [0.15, 0.2) is 0 Å². The van der Waals surface area contributed by atoms with E-state index in [1.165, 1.54) is 0 Å². The van der Waals surface area contributed by atoms with Crippen LogP contribution in [-0.2, 0) is 4.79 Å². The Labute approximate surface area is 73.3 Å². The van der Waals surface area contributed by atoms with Gasteiger partial charge in [0.1, 0.15) is 0 Å². The maximum Gasteiger partial charge on any atom is 0.224 e. The fourth-order valence-electron chi connectivity index (χ4n) is 0.821. The first-order valence-electron chi connectivity index (χ1n) is 4.18. The van der Waals surface area contributed by atoms with E-state index in [-0.39, 0.29) is 11.8 Å². The molecule has 0 saturated carbocycles. The van der Waals surface area contributed by atoms with Gasteiger partial charge in [-0.3, -0.25) is 4.79 Å². The third kappa shape index (κ3) is 5.09. The summed E-state index contributed by atoms with van der Waals surface area (Å²) in [6.45, 7) is 4.47. The number of carbonyl (C=O) groups is 1. The molecule has 0 saturated heterocycles. The van der Waals surface area contributed by atoms with Gasteiger partial charge in [0.2, 0.25) is 5.91 Å². The van der Waals surface area contributed by atoms with E-state index in [0.29, 0.717) is 13.1 Å². The summed E-state index contributed by atoms with van der Waals surface area (Å²) in [7, 11) is 1.80. The zero-order valence-corrected chi connectivity index (χ0v) is 7.92. The van der Waals surface area contributed by atoms with E-state index in [1.807, 2.05) is 6.92 Å². The molecule has 0 aromatic rings. The molecule has 0 aliphatic rings. The number of hydrogen-bond donors (Lipinski definition) is 3. The van der Waals surface area contributed by atoms with E-state index in [2.05, 4.69) is 10.6 Å². The van der Waals surface area contributed by atoms with Crippen LogP contribution in [0.1, 0.15) is 13.8 Å². The molecule has 0 aliphatic carbocycles. The van der Waals surface area contributed by atoms with Gasteiger partial charge in [-0.1, -0.05) is 6.92 Å². The van der Waals surface area contributed by atoms with Crippen molar-refractivity contribution in [3.05, 3.63) is 0 Å². The van der Waals surface area contributed by atoms with Crippen LogP contribution in [0.25, 0.3) is 0 Å². The molecule has 2 atom stereocenters. The Balaban J connectivity index is 3.57. The van der Waals surface area contributed by atoms with Crippen LogP contribution in [0.4, 0.5) is 0 Å². The average Bonchev–Trinajstić information content (AvgIpc) is 2.00. The predicted octanol–water partition coefficient (Wildman–Crippen LogP) is -0.661. The Morgan fingerprint density at radius 2 is 2.00 bits per heavy atom. The first-order chi connectivity index (χ1) is 5.57. The molecule has 1 unspecified atom stereocenters. The molecule has 0 aromatic heterocycles. The third-order valence-corrected chi connectivity index (χ3v) is 1.53. The summed E-state index contributed by atoms with van der Waals surface area (Å²) in [4.78, 5) is 11.2. The maximum absolute atomic E-state index is 11.2. The second-order valence-corrected chi connectivity index (χ2v) is 3.05. The van der Waals surface area contributed by atoms with Crippen molar-refractivity contribution in [1.29, 1.82) is 0 Å². The zero-order valence-electron chi connectivity index (χ0n) is 7.92. The Kier molecular flexibility index (Phi) is 5.66. The summed E-state index contributed by atoms with van der Waals surface area (Å²) < 4.78 is 0. The second kappa shape index (κ2) is 5.97. The van der Waals surface area contributed by atoms with Crippen LogP contribution < -0.4 is 10.6 Å². The van der Waals surface area contributed by atoms with Crippen LogP contribution in [-0.4, -0.2) is 37.3 Å². The van der Waals surface area contributed by atoms with Crippen molar-refractivity contribution >= 4 is 5.91 Å². The van der Waals surface area contributed by atoms with E-state index >= 15 is 0 Å². The van der Waals surface area contributed by atoms with Crippen LogP contribution in [0.15, 0.2) is 0 Å². The Bertz CT molecular complexity index is 137. The first kappa shape index (κ1) is 11.4. The fourth-order valence-corrected chi connectivity index (χ4v) is 0.821. The van der Waals surface area contributed by atoms with E-state index < -0.39 is 6.10 Å². The molecule has 72 valence electrons. The number of nitrogens with one attached hydrogen (secondary N) is 2. The van der Waals surface area contributed by atoms with Gasteiger partial charge in [-0.05, 0) is 14.0 Å². The molecule has 0 rings (SSSR count). The van der Waals surface area contributed by atoms with Crippen molar-refractivity contribution < 1.29 is 9.90 Å². The molecule has 0 heterocycles. The van der Waals surface area contributed by atoms with Crippen molar-refractivity contribution in [2.75, 3.05) is 20.1 Å². The van der Waals surface area contributed by atoms with E-state index in [9.17, 15) is 4.79 Å². The monoisotopic (exact) mass is 174 g/mol. The lowest BCUT2D eigenvalue weighted by Gasteiger charge is -2.12. The molecular formula is C8H18N2O2. The molecule has 0 radical (unpaired) electrons. The smallest absolute Gasteiger partial charge is 0.224 e. The molecule has 1 amide bonds. The zero-order chi connectivity index (χ0) is 9.56. The van der Waals surface area contributed by atoms with Gasteiger partial charge in [0.25, 0.3) is 0 Å². The highest BCUT2D eigenvalue weighted by Gasteiger charge is 2.11.